The van der Waals surface area contributed by atoms with Gasteiger partial charge in [0.25, 0.3) is 0 Å². The number of hydrogen-bond donors (Lipinski definition) is 3. The molecule has 1 aromatic rings. The molecule has 17 heavy (non-hydrogen) atoms. The molecule has 0 saturated heterocycles. The molecule has 5 nitrogen and oxygen atoms in total. The van der Waals surface area contributed by atoms with Gasteiger partial charge in [-0.3, -0.25) is 0 Å². The molecule has 0 aliphatic carbocycles. The highest BCUT2D eigenvalue weighted by Gasteiger charge is 2.11. The Morgan fingerprint density at radius 2 is 2.00 bits per heavy atom. The minimum atomic E-state index is -0.475. The molecule has 1 unspecified atom stereocenters. The molecule has 0 aliphatic heterocycles. The zero-order valence-corrected chi connectivity index (χ0v) is 11.1. The average Bonchev–Trinajstić information content (AvgIpc) is 2.20. The molecule has 1 rings (SSSR count). The predicted molar refractivity (Wildman–Crippen MR) is 70.2 cm³/mol. The highest BCUT2D eigenvalue weighted by atomic mass is 35.5. The first-order valence-corrected chi connectivity index (χ1v) is 6.01. The van der Waals surface area contributed by atoms with Crippen molar-refractivity contribution in [1.82, 2.24) is 9.97 Å². The number of nitrogens with one attached hydrogen (secondary N) is 1. The molecule has 0 saturated carbocycles. The molecule has 0 spiro atoms. The van der Waals surface area contributed by atoms with Crippen molar-refractivity contribution < 1.29 is 5.11 Å². The van der Waals surface area contributed by atoms with Gasteiger partial charge in [-0.1, -0.05) is 25.4 Å². The lowest BCUT2D eigenvalue weighted by Gasteiger charge is -2.13. The highest BCUT2D eigenvalue weighted by molar-refractivity contribution is 6.32. The minimum Gasteiger partial charge on any atom is -0.393 e. The van der Waals surface area contributed by atoms with Crippen molar-refractivity contribution in [3.05, 3.63) is 11.0 Å². The van der Waals surface area contributed by atoms with Gasteiger partial charge in [-0.25, -0.2) is 9.97 Å². The number of aliphatic hydroxyl groups excluding tert-OH is 1. The van der Waals surface area contributed by atoms with Crippen LogP contribution in [0.25, 0.3) is 0 Å². The van der Waals surface area contributed by atoms with E-state index in [0.717, 1.165) is 6.42 Å². The maximum Gasteiger partial charge on any atom is 0.157 e. The maximum atomic E-state index is 9.21. The Balaban J connectivity index is 2.90. The van der Waals surface area contributed by atoms with Crippen LogP contribution in [-0.2, 0) is 6.42 Å². The number of aliphatic hydroxyl groups is 1. The third kappa shape index (κ3) is 4.36. The third-order valence-electron chi connectivity index (χ3n) is 2.10. The van der Waals surface area contributed by atoms with Gasteiger partial charge in [0.05, 0.1) is 6.10 Å². The maximum absolute atomic E-state index is 9.21. The first kappa shape index (κ1) is 14.0. The zero-order valence-electron chi connectivity index (χ0n) is 10.4. The summed E-state index contributed by atoms with van der Waals surface area (Å²) in [7, 11) is 0. The number of nitrogen functional groups attached to an aromatic ring is 1. The first-order valence-electron chi connectivity index (χ1n) is 5.64. The smallest absolute Gasteiger partial charge is 0.157 e. The number of nitrogens with two attached hydrogens (primary N) is 1. The number of halogens is 1. The Kier molecular flexibility index (Phi) is 4.96. The molecular weight excluding hydrogens is 240 g/mol. The first-order chi connectivity index (χ1) is 7.90. The molecule has 1 atom stereocenters. The fourth-order valence-electron chi connectivity index (χ4n) is 1.32. The van der Waals surface area contributed by atoms with E-state index < -0.39 is 6.10 Å². The van der Waals surface area contributed by atoms with Crippen molar-refractivity contribution in [3.8, 4) is 0 Å². The van der Waals surface area contributed by atoms with Crippen LogP contribution >= 0.6 is 11.6 Å². The van der Waals surface area contributed by atoms with E-state index in [0.29, 0.717) is 29.8 Å². The molecule has 1 aromatic heterocycles. The monoisotopic (exact) mass is 258 g/mol. The Hall–Kier alpha value is -1.07. The van der Waals surface area contributed by atoms with Gasteiger partial charge in [-0.2, -0.15) is 0 Å². The van der Waals surface area contributed by atoms with E-state index in [1.165, 1.54) is 0 Å². The average molecular weight is 259 g/mol. The number of aromatic nitrogens is 2. The zero-order chi connectivity index (χ0) is 13.0. The molecule has 0 radical (unpaired) electrons. The second kappa shape index (κ2) is 6.02. The van der Waals surface area contributed by atoms with E-state index in [4.69, 9.17) is 17.3 Å². The van der Waals surface area contributed by atoms with Gasteiger partial charge >= 0.3 is 0 Å². The van der Waals surface area contributed by atoms with Crippen LogP contribution in [0.1, 0.15) is 26.6 Å². The molecule has 6 heteroatoms. The van der Waals surface area contributed by atoms with Crippen LogP contribution in [0, 0.1) is 5.92 Å². The Labute approximate surface area is 106 Å². The van der Waals surface area contributed by atoms with Gasteiger partial charge in [0.15, 0.2) is 11.0 Å². The van der Waals surface area contributed by atoms with Crippen molar-refractivity contribution in [3.63, 3.8) is 0 Å². The van der Waals surface area contributed by atoms with E-state index in [2.05, 4.69) is 29.1 Å². The van der Waals surface area contributed by atoms with Gasteiger partial charge in [-0.15, -0.1) is 0 Å². The van der Waals surface area contributed by atoms with Crippen LogP contribution in [0.5, 0.6) is 0 Å². The van der Waals surface area contributed by atoms with Crippen molar-refractivity contribution in [2.45, 2.75) is 33.3 Å². The summed E-state index contributed by atoms with van der Waals surface area (Å²) in [5, 5.41) is 12.4. The van der Waals surface area contributed by atoms with Crippen LogP contribution < -0.4 is 11.1 Å². The number of rotatable bonds is 5. The summed E-state index contributed by atoms with van der Waals surface area (Å²) in [4.78, 5) is 8.43. The number of nitrogens with zero attached hydrogens (tertiary/aromatic N) is 2. The van der Waals surface area contributed by atoms with E-state index in [1.807, 2.05) is 0 Å². The molecule has 0 aliphatic rings. The Morgan fingerprint density at radius 1 is 1.35 bits per heavy atom. The van der Waals surface area contributed by atoms with Crippen molar-refractivity contribution in [2.75, 3.05) is 17.6 Å². The number of hydrogen-bond acceptors (Lipinski definition) is 5. The lowest BCUT2D eigenvalue weighted by molar-refractivity contribution is 0.208. The standard InChI is InChI=1S/C11H19ClN4O/c1-6(2)4-8-15-10(12)9(13)11(16-8)14-5-7(3)17/h6-7,17H,4-5,13H2,1-3H3,(H,14,15,16). The lowest BCUT2D eigenvalue weighted by Crippen LogP contribution is -2.18. The topological polar surface area (TPSA) is 84.1 Å². The van der Waals surface area contributed by atoms with E-state index in [-0.39, 0.29) is 5.15 Å². The van der Waals surface area contributed by atoms with Crippen LogP contribution in [0.2, 0.25) is 5.15 Å². The molecule has 0 aromatic carbocycles. The van der Waals surface area contributed by atoms with E-state index in [9.17, 15) is 5.11 Å². The van der Waals surface area contributed by atoms with Crippen molar-refractivity contribution in [1.29, 1.82) is 0 Å². The molecule has 0 bridgehead atoms. The predicted octanol–water partition coefficient (Wildman–Crippen LogP) is 1.70. The molecule has 4 N–H and O–H groups in total. The fraction of sp³-hybridized carbons (Fsp3) is 0.636. The van der Waals surface area contributed by atoms with Gasteiger partial charge in [0.1, 0.15) is 11.5 Å². The van der Waals surface area contributed by atoms with Gasteiger partial charge in [-0.05, 0) is 12.8 Å². The summed E-state index contributed by atoms with van der Waals surface area (Å²) in [6.45, 7) is 6.21. The highest BCUT2D eigenvalue weighted by Crippen LogP contribution is 2.24. The largest absolute Gasteiger partial charge is 0.393 e. The normalized spacial score (nSPS) is 12.8. The molecule has 0 fully saturated rings. The second-order valence-corrected chi connectivity index (χ2v) is 4.88. The van der Waals surface area contributed by atoms with Crippen LogP contribution in [0.3, 0.4) is 0 Å². The summed E-state index contributed by atoms with van der Waals surface area (Å²) in [5.74, 6) is 1.59. The van der Waals surface area contributed by atoms with Crippen molar-refractivity contribution in [2.24, 2.45) is 5.92 Å². The molecule has 1 heterocycles. The van der Waals surface area contributed by atoms with Crippen LogP contribution in [-0.4, -0.2) is 27.7 Å². The molecule has 0 amide bonds. The summed E-state index contributed by atoms with van der Waals surface area (Å²) in [5.41, 5.74) is 6.09. The van der Waals surface area contributed by atoms with Crippen LogP contribution in [0.4, 0.5) is 11.5 Å². The second-order valence-electron chi connectivity index (χ2n) is 4.52. The molecule has 96 valence electrons. The number of anilines is 2. The van der Waals surface area contributed by atoms with Crippen LogP contribution in [0.15, 0.2) is 0 Å². The Morgan fingerprint density at radius 3 is 2.53 bits per heavy atom. The quantitative estimate of drug-likeness (QED) is 0.700. The minimum absolute atomic E-state index is 0.253. The third-order valence-corrected chi connectivity index (χ3v) is 2.39. The Bertz CT molecular complexity index is 382. The van der Waals surface area contributed by atoms with Gasteiger partial charge in [0, 0.05) is 13.0 Å². The summed E-state index contributed by atoms with van der Waals surface area (Å²) in [6, 6.07) is 0. The molecular formula is C11H19ClN4O. The summed E-state index contributed by atoms with van der Waals surface area (Å²) in [6.07, 6.45) is 0.264. The fourth-order valence-corrected chi connectivity index (χ4v) is 1.51. The van der Waals surface area contributed by atoms with E-state index in [1.54, 1.807) is 6.92 Å². The lowest BCUT2D eigenvalue weighted by atomic mass is 10.1. The van der Waals surface area contributed by atoms with E-state index >= 15 is 0 Å². The SMILES string of the molecule is CC(C)Cc1nc(Cl)c(N)c(NCC(C)O)n1. The van der Waals surface area contributed by atoms with Crippen molar-refractivity contribution >= 4 is 23.1 Å². The van der Waals surface area contributed by atoms with Gasteiger partial charge in [0.2, 0.25) is 0 Å². The summed E-state index contributed by atoms with van der Waals surface area (Å²) < 4.78 is 0. The van der Waals surface area contributed by atoms with Gasteiger partial charge < -0.3 is 16.2 Å². The summed E-state index contributed by atoms with van der Waals surface area (Å²) >= 11 is 5.94.